The molecule has 2 amide bonds. The summed E-state index contributed by atoms with van der Waals surface area (Å²) in [6.07, 6.45) is 1.04. The molecule has 3 aromatic rings. The Labute approximate surface area is 157 Å². The highest BCUT2D eigenvalue weighted by molar-refractivity contribution is 5.89. The van der Waals surface area contributed by atoms with Crippen molar-refractivity contribution < 1.29 is 14.3 Å². The minimum atomic E-state index is -1.43. The summed E-state index contributed by atoms with van der Waals surface area (Å²) in [7, 11) is 0. The van der Waals surface area contributed by atoms with Crippen LogP contribution >= 0.6 is 0 Å². The molecule has 2 aromatic carbocycles. The Morgan fingerprint density at radius 1 is 1.15 bits per heavy atom. The van der Waals surface area contributed by atoms with Crippen LogP contribution in [0.2, 0.25) is 0 Å². The Morgan fingerprint density at radius 3 is 2.52 bits per heavy atom. The summed E-state index contributed by atoms with van der Waals surface area (Å²) in [4.78, 5) is 27.6. The lowest BCUT2D eigenvalue weighted by Gasteiger charge is -2.29. The molecule has 0 saturated heterocycles. The van der Waals surface area contributed by atoms with Crippen LogP contribution in [-0.2, 0) is 16.0 Å². The van der Waals surface area contributed by atoms with Gasteiger partial charge in [-0.3, -0.25) is 4.79 Å². The van der Waals surface area contributed by atoms with Gasteiger partial charge in [0.1, 0.15) is 0 Å². The summed E-state index contributed by atoms with van der Waals surface area (Å²) in [6.45, 7) is 3.45. The Balaban J connectivity index is 1.85. The summed E-state index contributed by atoms with van der Waals surface area (Å²) in [5, 5.41) is 3.89. The Morgan fingerprint density at radius 2 is 1.81 bits per heavy atom. The molecule has 6 heteroatoms. The van der Waals surface area contributed by atoms with Gasteiger partial charge in [-0.1, -0.05) is 48.5 Å². The molecule has 0 fully saturated rings. The fourth-order valence-corrected chi connectivity index (χ4v) is 3.20. The number of benzene rings is 2. The minimum absolute atomic E-state index is 0.202. The fourth-order valence-electron chi connectivity index (χ4n) is 3.20. The normalized spacial score (nSPS) is 14.3. The van der Waals surface area contributed by atoms with E-state index in [4.69, 9.17) is 10.5 Å². The van der Waals surface area contributed by atoms with Crippen LogP contribution in [0.4, 0.5) is 4.79 Å². The van der Waals surface area contributed by atoms with Gasteiger partial charge in [0.15, 0.2) is 5.60 Å². The lowest BCUT2D eigenvalue weighted by atomic mass is 9.94. The van der Waals surface area contributed by atoms with Gasteiger partial charge in [0.05, 0.1) is 6.04 Å². The van der Waals surface area contributed by atoms with Crippen molar-refractivity contribution in [2.75, 3.05) is 0 Å². The second-order valence-electron chi connectivity index (χ2n) is 6.79. The van der Waals surface area contributed by atoms with E-state index >= 15 is 0 Å². The molecule has 0 spiro atoms. The predicted molar refractivity (Wildman–Crippen MR) is 104 cm³/mol. The molecule has 0 saturated carbocycles. The van der Waals surface area contributed by atoms with Gasteiger partial charge in [-0.05, 0) is 31.0 Å². The van der Waals surface area contributed by atoms with E-state index in [2.05, 4.69) is 10.3 Å². The second-order valence-corrected chi connectivity index (χ2v) is 6.79. The van der Waals surface area contributed by atoms with Gasteiger partial charge < -0.3 is 20.8 Å². The van der Waals surface area contributed by atoms with E-state index in [0.29, 0.717) is 0 Å². The van der Waals surface area contributed by atoms with Gasteiger partial charge in [-0.25, -0.2) is 4.79 Å². The lowest BCUT2D eigenvalue weighted by molar-refractivity contribution is -0.138. The summed E-state index contributed by atoms with van der Waals surface area (Å²) in [5.41, 5.74) is 6.60. The van der Waals surface area contributed by atoms with Crippen molar-refractivity contribution >= 4 is 22.9 Å². The number of hydrogen-bond acceptors (Lipinski definition) is 3. The number of carbonyl (C=O) groups excluding carboxylic acids is 2. The van der Waals surface area contributed by atoms with Gasteiger partial charge in [-0.2, -0.15) is 0 Å². The van der Waals surface area contributed by atoms with E-state index in [1.165, 1.54) is 0 Å². The van der Waals surface area contributed by atoms with Crippen molar-refractivity contribution in [2.45, 2.75) is 31.9 Å². The molecular weight excluding hydrogens is 342 g/mol. The van der Waals surface area contributed by atoms with Crippen molar-refractivity contribution in [3.05, 3.63) is 71.9 Å². The monoisotopic (exact) mass is 365 g/mol. The third kappa shape index (κ3) is 4.11. The third-order valence-electron chi connectivity index (χ3n) is 4.66. The number of hydrogen-bond donors (Lipinski definition) is 3. The maximum Gasteiger partial charge on any atom is 0.405 e. The van der Waals surface area contributed by atoms with Crippen LogP contribution < -0.4 is 11.1 Å². The van der Waals surface area contributed by atoms with E-state index in [-0.39, 0.29) is 12.5 Å². The van der Waals surface area contributed by atoms with Crippen LogP contribution in [0.1, 0.15) is 31.0 Å². The van der Waals surface area contributed by atoms with Crippen molar-refractivity contribution in [1.82, 2.24) is 10.3 Å². The van der Waals surface area contributed by atoms with Crippen LogP contribution in [0.15, 0.2) is 60.8 Å². The lowest BCUT2D eigenvalue weighted by Crippen LogP contribution is -2.50. The molecule has 1 heterocycles. The summed E-state index contributed by atoms with van der Waals surface area (Å²) in [5.74, 6) is -0.400. The van der Waals surface area contributed by atoms with E-state index in [1.54, 1.807) is 6.92 Å². The van der Waals surface area contributed by atoms with Crippen LogP contribution in [0.3, 0.4) is 0 Å². The first kappa shape index (κ1) is 18.5. The Hall–Kier alpha value is -3.28. The van der Waals surface area contributed by atoms with Gasteiger partial charge in [0.25, 0.3) is 5.91 Å². The molecule has 140 valence electrons. The van der Waals surface area contributed by atoms with E-state index < -0.39 is 17.6 Å². The van der Waals surface area contributed by atoms with Gasteiger partial charge >= 0.3 is 6.09 Å². The zero-order chi connectivity index (χ0) is 19.4. The number of para-hydroxylation sites is 1. The number of aromatic amines is 1. The van der Waals surface area contributed by atoms with E-state index in [9.17, 15) is 9.59 Å². The highest BCUT2D eigenvalue weighted by atomic mass is 16.6. The molecule has 0 unspecified atom stereocenters. The minimum Gasteiger partial charge on any atom is -0.433 e. The second kappa shape index (κ2) is 7.53. The predicted octanol–water partition coefficient (Wildman–Crippen LogP) is 3.44. The third-order valence-corrected chi connectivity index (χ3v) is 4.66. The topological polar surface area (TPSA) is 97.2 Å². The number of amides is 2. The number of primary amides is 1. The molecular formula is C21H23N3O3. The first-order valence-electron chi connectivity index (χ1n) is 8.78. The molecule has 4 N–H and O–H groups in total. The number of fused-ring (bicyclic) bond motifs is 1. The molecule has 27 heavy (non-hydrogen) atoms. The van der Waals surface area contributed by atoms with Crippen LogP contribution in [0.5, 0.6) is 0 Å². The number of aromatic nitrogens is 1. The first-order valence-corrected chi connectivity index (χ1v) is 8.78. The van der Waals surface area contributed by atoms with Crippen LogP contribution in [-0.4, -0.2) is 22.6 Å². The molecule has 0 radical (unpaired) electrons. The van der Waals surface area contributed by atoms with Gasteiger partial charge in [0, 0.05) is 23.5 Å². The first-order chi connectivity index (χ1) is 12.9. The Bertz CT molecular complexity index is 951. The van der Waals surface area contributed by atoms with Crippen LogP contribution in [0, 0.1) is 0 Å². The summed E-state index contributed by atoms with van der Waals surface area (Å²) >= 11 is 0. The molecule has 0 aliphatic rings. The number of carbonyl (C=O) groups is 2. The zero-order valence-electron chi connectivity index (χ0n) is 15.4. The van der Waals surface area contributed by atoms with Gasteiger partial charge in [-0.15, -0.1) is 0 Å². The number of ether oxygens (including phenoxy) is 1. The van der Waals surface area contributed by atoms with Crippen molar-refractivity contribution in [3.8, 4) is 0 Å². The number of nitrogens with one attached hydrogen (secondary N) is 2. The maximum absolute atomic E-state index is 13.0. The average Bonchev–Trinajstić information content (AvgIpc) is 3.04. The molecule has 0 aliphatic carbocycles. The van der Waals surface area contributed by atoms with E-state index in [0.717, 1.165) is 22.0 Å². The molecule has 3 rings (SSSR count). The number of H-pyrrole nitrogens is 1. The standard InChI is InChI=1S/C21H23N3O3/c1-14(15-8-4-3-5-9-15)24-19(25)21(2,27-20(22)26)12-16-13-23-18-11-7-6-10-17(16)18/h3-11,13-14,23H,12H2,1-2H3,(H2,22,26)(H,24,25)/t14-,21+/m0/s1. The zero-order valence-corrected chi connectivity index (χ0v) is 15.4. The van der Waals surface area contributed by atoms with Crippen molar-refractivity contribution in [1.29, 1.82) is 0 Å². The number of nitrogens with two attached hydrogens (primary N) is 1. The quantitative estimate of drug-likeness (QED) is 0.624. The highest BCUT2D eigenvalue weighted by Gasteiger charge is 2.38. The largest absolute Gasteiger partial charge is 0.433 e. The molecule has 2 atom stereocenters. The average molecular weight is 365 g/mol. The molecule has 0 aliphatic heterocycles. The van der Waals surface area contributed by atoms with Crippen LogP contribution in [0.25, 0.3) is 10.9 Å². The smallest absolute Gasteiger partial charge is 0.405 e. The fraction of sp³-hybridized carbons (Fsp3) is 0.238. The molecule has 6 nitrogen and oxygen atoms in total. The van der Waals surface area contributed by atoms with Gasteiger partial charge in [0.2, 0.25) is 0 Å². The van der Waals surface area contributed by atoms with Crippen molar-refractivity contribution in [3.63, 3.8) is 0 Å². The highest BCUT2D eigenvalue weighted by Crippen LogP contribution is 2.26. The maximum atomic E-state index is 13.0. The Kier molecular flexibility index (Phi) is 5.16. The number of rotatable bonds is 6. The van der Waals surface area contributed by atoms with Crippen molar-refractivity contribution in [2.24, 2.45) is 5.73 Å². The molecule has 1 aromatic heterocycles. The SMILES string of the molecule is C[C@H](NC(=O)[C@@](C)(Cc1c[nH]c2ccccc12)OC(N)=O)c1ccccc1. The molecule has 0 bridgehead atoms. The summed E-state index contributed by atoms with van der Waals surface area (Å²) < 4.78 is 5.27. The van der Waals surface area contributed by atoms with E-state index in [1.807, 2.05) is 67.7 Å². The summed E-state index contributed by atoms with van der Waals surface area (Å²) in [6, 6.07) is 17.1.